The fourth-order valence-corrected chi connectivity index (χ4v) is 2.42. The predicted molar refractivity (Wildman–Crippen MR) is 67.1 cm³/mol. The van der Waals surface area contributed by atoms with Crippen LogP contribution < -0.4 is 0 Å². The Bertz CT molecular complexity index is 426. The van der Waals surface area contributed by atoms with Crippen LogP contribution >= 0.6 is 0 Å². The molecule has 0 aliphatic carbocycles. The zero-order chi connectivity index (χ0) is 12.5. The average molecular weight is 233 g/mol. The molecule has 17 heavy (non-hydrogen) atoms. The second-order valence-corrected chi connectivity index (χ2v) is 5.63. The van der Waals surface area contributed by atoms with Gasteiger partial charge in [0.2, 0.25) is 0 Å². The summed E-state index contributed by atoms with van der Waals surface area (Å²) >= 11 is 0. The van der Waals surface area contributed by atoms with Crippen LogP contribution in [0.25, 0.3) is 0 Å². The number of aromatic carboxylic acids is 1. The summed E-state index contributed by atoms with van der Waals surface area (Å²) in [5.41, 5.74) is 1.85. The van der Waals surface area contributed by atoms with E-state index in [1.165, 1.54) is 6.42 Å². The molecule has 0 radical (unpaired) electrons. The standard InChI is InChI=1S/C14H19NO2/c1-14(2)6-7-15(10-14)9-11-4-3-5-12(8-11)13(16)17/h3-5,8H,6-7,9-10H2,1-2H3,(H,16,17). The average Bonchev–Trinajstić information content (AvgIpc) is 2.58. The maximum absolute atomic E-state index is 10.9. The number of benzene rings is 1. The molecule has 2 rings (SSSR count). The lowest BCUT2D eigenvalue weighted by molar-refractivity contribution is 0.0696. The summed E-state index contributed by atoms with van der Waals surface area (Å²) in [4.78, 5) is 13.3. The first-order chi connectivity index (χ1) is 7.96. The first-order valence-electron chi connectivity index (χ1n) is 6.01. The van der Waals surface area contributed by atoms with E-state index in [1.807, 2.05) is 12.1 Å². The molecule has 1 aliphatic heterocycles. The smallest absolute Gasteiger partial charge is 0.335 e. The third-order valence-electron chi connectivity index (χ3n) is 3.34. The second kappa shape index (κ2) is 4.49. The minimum absolute atomic E-state index is 0.376. The number of rotatable bonds is 3. The molecule has 0 bridgehead atoms. The zero-order valence-corrected chi connectivity index (χ0v) is 10.4. The van der Waals surface area contributed by atoms with E-state index in [9.17, 15) is 4.79 Å². The molecule has 1 aromatic rings. The van der Waals surface area contributed by atoms with Crippen LogP contribution in [-0.2, 0) is 6.54 Å². The first-order valence-corrected chi connectivity index (χ1v) is 6.01. The van der Waals surface area contributed by atoms with Gasteiger partial charge >= 0.3 is 5.97 Å². The molecule has 0 spiro atoms. The van der Waals surface area contributed by atoms with Crippen molar-refractivity contribution in [2.45, 2.75) is 26.8 Å². The van der Waals surface area contributed by atoms with Gasteiger partial charge < -0.3 is 5.11 Å². The summed E-state index contributed by atoms with van der Waals surface area (Å²) in [6.45, 7) is 7.60. The molecular formula is C14H19NO2. The number of likely N-dealkylation sites (tertiary alicyclic amines) is 1. The monoisotopic (exact) mass is 233 g/mol. The number of hydrogen-bond acceptors (Lipinski definition) is 2. The topological polar surface area (TPSA) is 40.5 Å². The minimum atomic E-state index is -0.853. The molecule has 1 aromatic carbocycles. The van der Waals surface area contributed by atoms with Crippen molar-refractivity contribution in [3.63, 3.8) is 0 Å². The van der Waals surface area contributed by atoms with Gasteiger partial charge in [0.05, 0.1) is 5.56 Å². The Morgan fingerprint density at radius 2 is 2.24 bits per heavy atom. The minimum Gasteiger partial charge on any atom is -0.478 e. The van der Waals surface area contributed by atoms with E-state index in [0.29, 0.717) is 11.0 Å². The summed E-state index contributed by atoms with van der Waals surface area (Å²) in [6.07, 6.45) is 1.21. The fourth-order valence-electron chi connectivity index (χ4n) is 2.42. The number of nitrogens with zero attached hydrogens (tertiary/aromatic N) is 1. The Labute approximate surface area is 102 Å². The lowest BCUT2D eigenvalue weighted by Crippen LogP contribution is -2.22. The zero-order valence-electron chi connectivity index (χ0n) is 10.4. The summed E-state index contributed by atoms with van der Waals surface area (Å²) in [6, 6.07) is 7.23. The van der Waals surface area contributed by atoms with Gasteiger partial charge in [-0.25, -0.2) is 4.79 Å². The van der Waals surface area contributed by atoms with Crippen LogP contribution in [0.1, 0.15) is 36.2 Å². The van der Waals surface area contributed by atoms with Crippen molar-refractivity contribution < 1.29 is 9.90 Å². The van der Waals surface area contributed by atoms with Crippen molar-refractivity contribution in [2.75, 3.05) is 13.1 Å². The summed E-state index contributed by atoms with van der Waals surface area (Å²) in [5.74, 6) is -0.853. The quantitative estimate of drug-likeness (QED) is 0.872. The Balaban J connectivity index is 2.04. The van der Waals surface area contributed by atoms with Crippen molar-refractivity contribution in [2.24, 2.45) is 5.41 Å². The van der Waals surface area contributed by atoms with Gasteiger partial charge in [0.15, 0.2) is 0 Å². The third kappa shape index (κ3) is 3.07. The lowest BCUT2D eigenvalue weighted by atomic mass is 9.93. The molecule has 92 valence electrons. The largest absolute Gasteiger partial charge is 0.478 e. The molecule has 1 heterocycles. The molecule has 3 nitrogen and oxygen atoms in total. The van der Waals surface area contributed by atoms with Crippen molar-refractivity contribution in [3.05, 3.63) is 35.4 Å². The van der Waals surface area contributed by atoms with E-state index >= 15 is 0 Å². The van der Waals surface area contributed by atoms with Gasteiger partial charge in [-0.3, -0.25) is 4.90 Å². The normalized spacial score (nSPS) is 19.4. The second-order valence-electron chi connectivity index (χ2n) is 5.63. The molecule has 1 fully saturated rings. The fraction of sp³-hybridized carbons (Fsp3) is 0.500. The number of carboxylic acid groups (broad SMARTS) is 1. The van der Waals surface area contributed by atoms with Crippen LogP contribution in [0.5, 0.6) is 0 Å². The summed E-state index contributed by atoms with van der Waals surface area (Å²) in [5, 5.41) is 8.94. The van der Waals surface area contributed by atoms with Gasteiger partial charge in [-0.1, -0.05) is 26.0 Å². The molecule has 0 saturated carbocycles. The number of hydrogen-bond donors (Lipinski definition) is 1. The van der Waals surface area contributed by atoms with Crippen LogP contribution in [0, 0.1) is 5.41 Å². The molecule has 0 amide bonds. The van der Waals surface area contributed by atoms with E-state index in [0.717, 1.165) is 25.2 Å². The highest BCUT2D eigenvalue weighted by Crippen LogP contribution is 2.29. The molecule has 1 saturated heterocycles. The molecule has 1 aliphatic rings. The van der Waals surface area contributed by atoms with Crippen LogP contribution in [0.2, 0.25) is 0 Å². The van der Waals surface area contributed by atoms with Gasteiger partial charge in [-0.2, -0.15) is 0 Å². The maximum Gasteiger partial charge on any atom is 0.335 e. The van der Waals surface area contributed by atoms with E-state index in [1.54, 1.807) is 12.1 Å². The van der Waals surface area contributed by atoms with Gasteiger partial charge in [0.1, 0.15) is 0 Å². The molecular weight excluding hydrogens is 214 g/mol. The number of carbonyl (C=O) groups is 1. The predicted octanol–water partition coefficient (Wildman–Crippen LogP) is 2.62. The van der Waals surface area contributed by atoms with Gasteiger partial charge in [-0.05, 0) is 36.1 Å². The van der Waals surface area contributed by atoms with E-state index in [2.05, 4.69) is 18.7 Å². The summed E-state index contributed by atoms with van der Waals surface area (Å²) < 4.78 is 0. The highest BCUT2D eigenvalue weighted by atomic mass is 16.4. The van der Waals surface area contributed by atoms with Crippen molar-refractivity contribution in [1.29, 1.82) is 0 Å². The molecule has 1 N–H and O–H groups in total. The van der Waals surface area contributed by atoms with Gasteiger partial charge in [0.25, 0.3) is 0 Å². The van der Waals surface area contributed by atoms with Crippen LogP contribution in [0.15, 0.2) is 24.3 Å². The Morgan fingerprint density at radius 3 is 2.82 bits per heavy atom. The van der Waals surface area contributed by atoms with Crippen molar-refractivity contribution in [3.8, 4) is 0 Å². The number of carboxylic acids is 1. The van der Waals surface area contributed by atoms with Crippen molar-refractivity contribution >= 4 is 5.97 Å². The van der Waals surface area contributed by atoms with Gasteiger partial charge in [0, 0.05) is 13.1 Å². The molecule has 0 aromatic heterocycles. The van der Waals surface area contributed by atoms with E-state index in [4.69, 9.17) is 5.11 Å². The highest BCUT2D eigenvalue weighted by Gasteiger charge is 2.28. The van der Waals surface area contributed by atoms with Crippen molar-refractivity contribution in [1.82, 2.24) is 4.90 Å². The van der Waals surface area contributed by atoms with E-state index in [-0.39, 0.29) is 0 Å². The van der Waals surface area contributed by atoms with E-state index < -0.39 is 5.97 Å². The maximum atomic E-state index is 10.9. The Hall–Kier alpha value is -1.35. The highest BCUT2D eigenvalue weighted by molar-refractivity contribution is 5.87. The van der Waals surface area contributed by atoms with Crippen LogP contribution in [-0.4, -0.2) is 29.1 Å². The molecule has 0 unspecified atom stereocenters. The van der Waals surface area contributed by atoms with Crippen LogP contribution in [0.4, 0.5) is 0 Å². The SMILES string of the molecule is CC1(C)CCN(Cc2cccc(C(=O)O)c2)C1. The van der Waals surface area contributed by atoms with Gasteiger partial charge in [-0.15, -0.1) is 0 Å². The molecule has 3 heteroatoms. The first kappa shape index (κ1) is 12.1. The Kier molecular flexibility index (Phi) is 3.20. The Morgan fingerprint density at radius 1 is 1.47 bits per heavy atom. The summed E-state index contributed by atoms with van der Waals surface area (Å²) in [7, 11) is 0. The third-order valence-corrected chi connectivity index (χ3v) is 3.34. The lowest BCUT2D eigenvalue weighted by Gasteiger charge is -2.19. The van der Waals surface area contributed by atoms with Crippen LogP contribution in [0.3, 0.4) is 0 Å². The molecule has 0 atom stereocenters.